The van der Waals surface area contributed by atoms with E-state index in [-0.39, 0.29) is 0 Å². The van der Waals surface area contributed by atoms with E-state index in [1.54, 1.807) is 6.20 Å². The molecule has 0 aliphatic rings. The van der Waals surface area contributed by atoms with Crippen LogP contribution < -0.4 is 5.73 Å². The van der Waals surface area contributed by atoms with Gasteiger partial charge < -0.3 is 5.73 Å². The van der Waals surface area contributed by atoms with Gasteiger partial charge in [-0.25, -0.2) is 4.98 Å². The number of benzene rings is 1. The summed E-state index contributed by atoms with van der Waals surface area (Å²) in [6.07, 6.45) is 3.67. The van der Waals surface area contributed by atoms with Crippen molar-refractivity contribution in [2.24, 2.45) is 0 Å². The summed E-state index contributed by atoms with van der Waals surface area (Å²) < 4.78 is 1.88. The normalized spacial score (nSPS) is 11.5. The van der Waals surface area contributed by atoms with Crippen molar-refractivity contribution < 1.29 is 0 Å². The van der Waals surface area contributed by atoms with Crippen LogP contribution in [0.15, 0.2) is 36.7 Å². The fraction of sp³-hybridized carbons (Fsp3) is 0.133. The summed E-state index contributed by atoms with van der Waals surface area (Å²) in [5.74, 6) is 0.513. The average Bonchev–Trinajstić information content (AvgIpc) is 3.16. The second-order valence-corrected chi connectivity index (χ2v) is 4.95. The Kier molecular flexibility index (Phi) is 2.44. The van der Waals surface area contributed by atoms with Crippen molar-refractivity contribution in [3.05, 3.63) is 36.7 Å². The lowest BCUT2D eigenvalue weighted by Gasteiger charge is -2.03. The highest BCUT2D eigenvalue weighted by Gasteiger charge is 2.11. The zero-order valence-corrected chi connectivity index (χ0v) is 11.5. The molecule has 3 aromatic heterocycles. The molecule has 0 radical (unpaired) electrons. The molecule has 3 heterocycles. The minimum absolute atomic E-state index is 0.513. The van der Waals surface area contributed by atoms with Crippen LogP contribution in [0.3, 0.4) is 0 Å². The lowest BCUT2D eigenvalue weighted by atomic mass is 10.1. The molecule has 0 saturated heterocycles. The maximum absolute atomic E-state index is 6.07. The Morgan fingerprint density at radius 3 is 2.90 bits per heavy atom. The van der Waals surface area contributed by atoms with Crippen LogP contribution in [0.4, 0.5) is 5.82 Å². The molecule has 6 nitrogen and oxygen atoms in total. The highest BCUT2D eigenvalue weighted by atomic mass is 15.3. The number of nitrogens with one attached hydrogen (secondary N) is 1. The molecule has 0 amide bonds. The van der Waals surface area contributed by atoms with Crippen LogP contribution in [0.5, 0.6) is 0 Å². The monoisotopic (exact) mass is 278 g/mol. The van der Waals surface area contributed by atoms with Gasteiger partial charge in [-0.15, -0.1) is 0 Å². The molecule has 0 bridgehead atoms. The molecular formula is C15H14N6. The van der Waals surface area contributed by atoms with Crippen molar-refractivity contribution in [3.8, 4) is 11.3 Å². The van der Waals surface area contributed by atoms with Gasteiger partial charge in [0, 0.05) is 29.9 Å². The van der Waals surface area contributed by atoms with Crippen molar-refractivity contribution in [3.63, 3.8) is 0 Å². The molecule has 104 valence electrons. The summed E-state index contributed by atoms with van der Waals surface area (Å²) in [5.41, 5.74) is 9.80. The summed E-state index contributed by atoms with van der Waals surface area (Å²) in [7, 11) is 0. The molecule has 0 atom stereocenters. The van der Waals surface area contributed by atoms with Crippen molar-refractivity contribution >= 4 is 27.6 Å². The number of nitrogens with two attached hydrogens (primary N) is 1. The van der Waals surface area contributed by atoms with Crippen LogP contribution >= 0.6 is 0 Å². The number of fused-ring (bicyclic) bond motifs is 3. The third kappa shape index (κ3) is 1.76. The molecule has 4 aromatic rings. The van der Waals surface area contributed by atoms with E-state index >= 15 is 0 Å². The predicted octanol–water partition coefficient (Wildman–Crippen LogP) is 2.58. The lowest BCUT2D eigenvalue weighted by Crippen LogP contribution is -1.93. The van der Waals surface area contributed by atoms with Crippen LogP contribution in [0.2, 0.25) is 0 Å². The van der Waals surface area contributed by atoms with Crippen LogP contribution in [0.1, 0.15) is 6.92 Å². The first-order chi connectivity index (χ1) is 10.3. The largest absolute Gasteiger partial charge is 0.383 e. The Hall–Kier alpha value is -2.89. The molecule has 1 aromatic carbocycles. The quantitative estimate of drug-likeness (QED) is 0.590. The van der Waals surface area contributed by atoms with E-state index in [4.69, 9.17) is 5.73 Å². The number of nitrogen functional groups attached to an aromatic ring is 1. The first kappa shape index (κ1) is 11.9. The topological polar surface area (TPSA) is 85.4 Å². The minimum atomic E-state index is 0.513. The molecule has 0 spiro atoms. The van der Waals surface area contributed by atoms with Crippen LogP contribution in [-0.2, 0) is 6.54 Å². The number of hydrogen-bond donors (Lipinski definition) is 2. The zero-order chi connectivity index (χ0) is 14.4. The fourth-order valence-corrected chi connectivity index (χ4v) is 2.57. The Morgan fingerprint density at radius 1 is 1.24 bits per heavy atom. The van der Waals surface area contributed by atoms with Gasteiger partial charge >= 0.3 is 0 Å². The zero-order valence-electron chi connectivity index (χ0n) is 11.5. The van der Waals surface area contributed by atoms with E-state index in [0.29, 0.717) is 5.82 Å². The number of aromatic nitrogens is 5. The number of nitrogens with zero attached hydrogens (tertiary/aromatic N) is 4. The summed E-state index contributed by atoms with van der Waals surface area (Å²) in [6.45, 7) is 2.86. The van der Waals surface area contributed by atoms with Crippen LogP contribution in [0.25, 0.3) is 33.1 Å². The summed E-state index contributed by atoms with van der Waals surface area (Å²) >= 11 is 0. The Morgan fingerprint density at radius 2 is 2.14 bits per heavy atom. The van der Waals surface area contributed by atoms with Gasteiger partial charge in [-0.1, -0.05) is 6.07 Å². The van der Waals surface area contributed by atoms with Gasteiger partial charge in [-0.3, -0.25) is 9.78 Å². The van der Waals surface area contributed by atoms with Crippen molar-refractivity contribution in [1.82, 2.24) is 25.0 Å². The second kappa shape index (κ2) is 4.31. The first-order valence-electron chi connectivity index (χ1n) is 6.82. The van der Waals surface area contributed by atoms with Gasteiger partial charge in [0.15, 0.2) is 0 Å². The van der Waals surface area contributed by atoms with E-state index in [2.05, 4.69) is 20.3 Å². The van der Waals surface area contributed by atoms with Gasteiger partial charge in [0.2, 0.25) is 0 Å². The SMILES string of the molecule is CCn1cc2c(N)nc3cc(-c4ccn[nH]4)ccc3c2n1. The van der Waals surface area contributed by atoms with Gasteiger partial charge in [0.25, 0.3) is 0 Å². The molecule has 0 aliphatic carbocycles. The van der Waals surface area contributed by atoms with Gasteiger partial charge in [-0.05, 0) is 25.1 Å². The number of H-pyrrole nitrogens is 1. The molecule has 3 N–H and O–H groups in total. The van der Waals surface area contributed by atoms with Crippen molar-refractivity contribution in [2.75, 3.05) is 5.73 Å². The number of aryl methyl sites for hydroxylation is 1. The Bertz CT molecular complexity index is 936. The van der Waals surface area contributed by atoms with Gasteiger partial charge in [-0.2, -0.15) is 10.2 Å². The molecule has 0 aliphatic heterocycles. The number of pyridine rings is 1. The van der Waals surface area contributed by atoms with Crippen molar-refractivity contribution in [2.45, 2.75) is 13.5 Å². The standard InChI is InChI=1S/C15H14N6/c1-2-21-8-11-14(20-21)10-4-3-9(12-5-6-17-19-12)7-13(10)18-15(11)16/h3-8H,2H2,1H3,(H2,16,18)(H,17,19). The first-order valence-corrected chi connectivity index (χ1v) is 6.82. The molecule has 0 unspecified atom stereocenters. The highest BCUT2D eigenvalue weighted by Crippen LogP contribution is 2.29. The highest BCUT2D eigenvalue weighted by molar-refractivity contribution is 6.08. The van der Waals surface area contributed by atoms with Crippen LogP contribution in [0, 0.1) is 0 Å². The van der Waals surface area contributed by atoms with Crippen molar-refractivity contribution in [1.29, 1.82) is 0 Å². The third-order valence-electron chi connectivity index (χ3n) is 3.67. The van der Waals surface area contributed by atoms with E-state index in [0.717, 1.165) is 39.6 Å². The molecule has 6 heteroatoms. The Labute approximate surface area is 120 Å². The van der Waals surface area contributed by atoms with E-state index in [1.165, 1.54) is 0 Å². The fourth-order valence-electron chi connectivity index (χ4n) is 2.57. The second-order valence-electron chi connectivity index (χ2n) is 4.95. The molecule has 4 rings (SSSR count). The third-order valence-corrected chi connectivity index (χ3v) is 3.67. The molecule has 21 heavy (non-hydrogen) atoms. The summed E-state index contributed by atoms with van der Waals surface area (Å²) in [6, 6.07) is 8.00. The smallest absolute Gasteiger partial charge is 0.135 e. The number of hydrogen-bond acceptors (Lipinski definition) is 4. The van der Waals surface area contributed by atoms with E-state index < -0.39 is 0 Å². The maximum atomic E-state index is 6.07. The number of anilines is 1. The number of rotatable bonds is 2. The molecular weight excluding hydrogens is 264 g/mol. The van der Waals surface area contributed by atoms with E-state index in [9.17, 15) is 0 Å². The number of aromatic amines is 1. The lowest BCUT2D eigenvalue weighted by molar-refractivity contribution is 0.668. The van der Waals surface area contributed by atoms with Crippen LogP contribution in [-0.4, -0.2) is 25.0 Å². The predicted molar refractivity (Wildman–Crippen MR) is 82.7 cm³/mol. The Balaban J connectivity index is 2.02. The average molecular weight is 278 g/mol. The summed E-state index contributed by atoms with van der Waals surface area (Å²) in [5, 5.41) is 13.4. The van der Waals surface area contributed by atoms with E-state index in [1.807, 2.05) is 42.1 Å². The molecule has 0 fully saturated rings. The molecule has 0 saturated carbocycles. The summed E-state index contributed by atoms with van der Waals surface area (Å²) in [4.78, 5) is 4.51. The van der Waals surface area contributed by atoms with Gasteiger partial charge in [0.1, 0.15) is 11.3 Å². The minimum Gasteiger partial charge on any atom is -0.383 e. The maximum Gasteiger partial charge on any atom is 0.135 e. The van der Waals surface area contributed by atoms with Gasteiger partial charge in [0.05, 0.1) is 16.6 Å².